The Kier molecular flexibility index (Phi) is 4.84. The normalized spacial score (nSPS) is 31.9. The molecular formula is C27H25BrN2O3. The van der Waals surface area contributed by atoms with Crippen LogP contribution in [-0.2, 0) is 20.8 Å². The number of rotatable bonds is 5. The Morgan fingerprint density at radius 1 is 1.03 bits per heavy atom. The van der Waals surface area contributed by atoms with Crippen molar-refractivity contribution in [3.63, 3.8) is 0 Å². The molecule has 1 saturated heterocycles. The van der Waals surface area contributed by atoms with Gasteiger partial charge in [-0.2, -0.15) is 0 Å². The summed E-state index contributed by atoms with van der Waals surface area (Å²) in [5.74, 6) is 0.0657. The number of amides is 3. The van der Waals surface area contributed by atoms with Crippen molar-refractivity contribution < 1.29 is 14.4 Å². The Morgan fingerprint density at radius 2 is 1.67 bits per heavy atom. The molecule has 5 aliphatic rings. The van der Waals surface area contributed by atoms with Crippen molar-refractivity contribution in [2.75, 3.05) is 5.32 Å². The lowest BCUT2D eigenvalue weighted by Gasteiger charge is -2.37. The van der Waals surface area contributed by atoms with E-state index in [1.807, 2.05) is 55.5 Å². The van der Waals surface area contributed by atoms with Crippen molar-refractivity contribution in [2.24, 2.45) is 35.5 Å². The maximum absolute atomic E-state index is 13.7. The first kappa shape index (κ1) is 20.8. The number of nitrogens with one attached hydrogen (secondary N) is 1. The third kappa shape index (κ3) is 3.30. The molecule has 0 aromatic heterocycles. The number of hydrogen-bond acceptors (Lipinski definition) is 3. The number of anilines is 1. The minimum atomic E-state index is -0.878. The van der Waals surface area contributed by atoms with Gasteiger partial charge in [-0.3, -0.25) is 19.3 Å². The average molecular weight is 505 g/mol. The van der Waals surface area contributed by atoms with Gasteiger partial charge in [0, 0.05) is 16.6 Å². The molecule has 0 radical (unpaired) electrons. The largest absolute Gasteiger partial charge is 0.324 e. The predicted molar refractivity (Wildman–Crippen MR) is 128 cm³/mol. The topological polar surface area (TPSA) is 66.5 Å². The van der Waals surface area contributed by atoms with E-state index in [-0.39, 0.29) is 41.4 Å². The summed E-state index contributed by atoms with van der Waals surface area (Å²) in [6.07, 6.45) is 5.74. The third-order valence-electron chi connectivity index (χ3n) is 8.03. The Balaban J connectivity index is 1.34. The van der Waals surface area contributed by atoms with Crippen molar-refractivity contribution in [1.82, 2.24) is 4.90 Å². The van der Waals surface area contributed by atoms with E-state index in [1.165, 1.54) is 4.90 Å². The Labute approximate surface area is 201 Å². The molecule has 3 fully saturated rings. The van der Waals surface area contributed by atoms with Crippen LogP contribution in [0.5, 0.6) is 0 Å². The number of aryl methyl sites for hydroxylation is 1. The molecule has 1 heterocycles. The number of halogens is 1. The molecule has 2 saturated carbocycles. The molecule has 2 bridgehead atoms. The van der Waals surface area contributed by atoms with Crippen LogP contribution in [0.15, 0.2) is 65.2 Å². The molecule has 0 unspecified atom stereocenters. The van der Waals surface area contributed by atoms with Gasteiger partial charge in [0.15, 0.2) is 0 Å². The fourth-order valence-electron chi connectivity index (χ4n) is 6.41. The summed E-state index contributed by atoms with van der Waals surface area (Å²) in [5, 5.41) is 2.99. The fourth-order valence-corrected chi connectivity index (χ4v) is 6.88. The van der Waals surface area contributed by atoms with Crippen molar-refractivity contribution in [3.8, 4) is 0 Å². The second-order valence-corrected chi connectivity index (χ2v) is 10.8. The van der Waals surface area contributed by atoms with Crippen molar-refractivity contribution in [1.29, 1.82) is 0 Å². The van der Waals surface area contributed by atoms with Crippen LogP contribution >= 0.6 is 15.9 Å². The maximum atomic E-state index is 13.7. The molecule has 3 amide bonds. The summed E-state index contributed by atoms with van der Waals surface area (Å²) in [6.45, 7) is 1.92. The van der Waals surface area contributed by atoms with E-state index in [2.05, 4.69) is 33.4 Å². The number of hydrogen-bond donors (Lipinski definition) is 1. The van der Waals surface area contributed by atoms with Gasteiger partial charge in [-0.1, -0.05) is 58.4 Å². The number of nitrogens with zero attached hydrogens (tertiary/aromatic N) is 1. The molecule has 7 atom stereocenters. The van der Waals surface area contributed by atoms with E-state index in [0.717, 1.165) is 22.0 Å². The summed E-state index contributed by atoms with van der Waals surface area (Å²) in [5.41, 5.74) is 2.51. The first-order valence-electron chi connectivity index (χ1n) is 11.6. The summed E-state index contributed by atoms with van der Waals surface area (Å²) < 4.78 is 0.925. The van der Waals surface area contributed by atoms with Gasteiger partial charge in [0.05, 0.1) is 11.8 Å². The second kappa shape index (κ2) is 7.66. The number of likely N-dealkylation sites (tertiary alicyclic amines) is 1. The smallest absolute Gasteiger partial charge is 0.248 e. The molecule has 5 nitrogen and oxygen atoms in total. The predicted octanol–water partition coefficient (Wildman–Crippen LogP) is 4.36. The van der Waals surface area contributed by atoms with Crippen LogP contribution in [0.3, 0.4) is 0 Å². The van der Waals surface area contributed by atoms with Gasteiger partial charge in [0.1, 0.15) is 6.04 Å². The average Bonchev–Trinajstić information content (AvgIpc) is 3.59. The maximum Gasteiger partial charge on any atom is 0.248 e. The zero-order valence-electron chi connectivity index (χ0n) is 18.3. The van der Waals surface area contributed by atoms with Gasteiger partial charge in [0.2, 0.25) is 17.7 Å². The van der Waals surface area contributed by atoms with Crippen molar-refractivity contribution in [2.45, 2.75) is 25.8 Å². The molecule has 168 valence electrons. The van der Waals surface area contributed by atoms with E-state index in [0.29, 0.717) is 23.9 Å². The van der Waals surface area contributed by atoms with Gasteiger partial charge in [-0.05, 0) is 66.3 Å². The molecule has 2 aromatic carbocycles. The minimum absolute atomic E-state index is 0.139. The highest BCUT2D eigenvalue weighted by Gasteiger charge is 2.67. The standard InChI is InChI=1S/C27H25BrN2O3/c1-14-11-16(28)7-10-21(14)29-25(31)22(12-15-5-3-2-4-6-15)30-26(32)23-17-8-9-18(20-13-19(17)20)24(23)27(30)33/h2-11,17-20,22-24H,12-13H2,1H3,(H,29,31)/t17-,18-,19-,20+,22-,23+,24+/m0/s1. The Hall–Kier alpha value is -2.73. The molecule has 1 aliphatic heterocycles. The molecule has 33 heavy (non-hydrogen) atoms. The SMILES string of the molecule is Cc1cc(Br)ccc1NC(=O)[C@H](Cc1ccccc1)N1C(=O)[C@@H]2[C@H]3C=C[C@@H]([C@@H]4C[C@H]34)[C@H]2C1=O. The van der Waals surface area contributed by atoms with Crippen LogP contribution in [0, 0.1) is 42.4 Å². The lowest BCUT2D eigenvalue weighted by molar-refractivity contribution is -0.146. The van der Waals surface area contributed by atoms with E-state index in [1.54, 1.807) is 0 Å². The van der Waals surface area contributed by atoms with Gasteiger partial charge < -0.3 is 5.32 Å². The zero-order valence-corrected chi connectivity index (χ0v) is 19.9. The van der Waals surface area contributed by atoms with Crippen molar-refractivity contribution in [3.05, 3.63) is 76.3 Å². The molecule has 4 aliphatic carbocycles. The van der Waals surface area contributed by atoms with Crippen LogP contribution in [0.2, 0.25) is 0 Å². The lowest BCUT2D eigenvalue weighted by atomic mass is 9.63. The summed E-state index contributed by atoms with van der Waals surface area (Å²) in [6, 6.07) is 14.4. The lowest BCUT2D eigenvalue weighted by Crippen LogP contribution is -2.49. The van der Waals surface area contributed by atoms with E-state index in [9.17, 15) is 14.4 Å². The monoisotopic (exact) mass is 504 g/mol. The van der Waals surface area contributed by atoms with Crippen LogP contribution in [0.4, 0.5) is 5.69 Å². The van der Waals surface area contributed by atoms with Gasteiger partial charge in [-0.25, -0.2) is 0 Å². The third-order valence-corrected chi connectivity index (χ3v) is 8.52. The molecule has 2 aromatic rings. The van der Waals surface area contributed by atoms with Crippen LogP contribution < -0.4 is 5.32 Å². The quantitative estimate of drug-likeness (QED) is 0.485. The van der Waals surface area contributed by atoms with Crippen LogP contribution in [0.25, 0.3) is 0 Å². The summed E-state index contributed by atoms with van der Waals surface area (Å²) in [4.78, 5) is 42.3. The van der Waals surface area contributed by atoms with Gasteiger partial charge >= 0.3 is 0 Å². The second-order valence-electron chi connectivity index (χ2n) is 9.86. The van der Waals surface area contributed by atoms with Crippen molar-refractivity contribution >= 4 is 39.3 Å². The van der Waals surface area contributed by atoms with E-state index in [4.69, 9.17) is 0 Å². The summed E-state index contributed by atoms with van der Waals surface area (Å²) >= 11 is 3.45. The van der Waals surface area contributed by atoms with Crippen LogP contribution in [0.1, 0.15) is 17.5 Å². The van der Waals surface area contributed by atoms with Gasteiger partial charge in [-0.15, -0.1) is 0 Å². The minimum Gasteiger partial charge on any atom is -0.324 e. The Morgan fingerprint density at radius 3 is 2.27 bits per heavy atom. The number of carbonyl (C=O) groups excluding carboxylic acids is 3. The molecular weight excluding hydrogens is 480 g/mol. The number of imide groups is 1. The molecule has 6 heteroatoms. The highest BCUT2D eigenvalue weighted by atomic mass is 79.9. The number of benzene rings is 2. The number of carbonyl (C=O) groups is 3. The first-order valence-corrected chi connectivity index (χ1v) is 12.4. The van der Waals surface area contributed by atoms with Crippen LogP contribution in [-0.4, -0.2) is 28.7 Å². The van der Waals surface area contributed by atoms with E-state index >= 15 is 0 Å². The van der Waals surface area contributed by atoms with Gasteiger partial charge in [0.25, 0.3) is 0 Å². The summed E-state index contributed by atoms with van der Waals surface area (Å²) in [7, 11) is 0. The molecule has 7 rings (SSSR count). The fraction of sp³-hybridized carbons (Fsp3) is 0.370. The zero-order chi connectivity index (χ0) is 22.9. The number of allylic oxidation sites excluding steroid dienone is 2. The highest BCUT2D eigenvalue weighted by Crippen LogP contribution is 2.65. The molecule has 0 spiro atoms. The first-order chi connectivity index (χ1) is 15.9. The highest BCUT2D eigenvalue weighted by molar-refractivity contribution is 9.10. The Bertz CT molecular complexity index is 1160. The van der Waals surface area contributed by atoms with E-state index < -0.39 is 6.04 Å². The molecule has 1 N–H and O–H groups in total.